The van der Waals surface area contributed by atoms with Gasteiger partial charge in [0.2, 0.25) is 5.91 Å². The van der Waals surface area contributed by atoms with Gasteiger partial charge in [-0.2, -0.15) is 0 Å². The van der Waals surface area contributed by atoms with E-state index in [1.165, 1.54) is 263 Å². The highest BCUT2D eigenvalue weighted by molar-refractivity contribution is 5.76. The summed E-state index contributed by atoms with van der Waals surface area (Å²) in [5, 5.41) is 23.0. The van der Waals surface area contributed by atoms with Crippen molar-refractivity contribution in [3.05, 3.63) is 24.3 Å². The summed E-state index contributed by atoms with van der Waals surface area (Å²) in [5.74, 6) is -0.0685. The van der Waals surface area contributed by atoms with Gasteiger partial charge < -0.3 is 15.5 Å². The van der Waals surface area contributed by atoms with Gasteiger partial charge in [-0.3, -0.25) is 4.79 Å². The fourth-order valence-electron chi connectivity index (χ4n) is 8.90. The molecule has 0 saturated carbocycles. The quantitative estimate of drug-likeness (QED) is 0.0422. The molecule has 2 atom stereocenters. The Morgan fingerprint density at radius 1 is 0.377 bits per heavy atom. The van der Waals surface area contributed by atoms with Crippen LogP contribution in [0.1, 0.15) is 316 Å². The van der Waals surface area contributed by atoms with Gasteiger partial charge in [-0.05, 0) is 32.1 Å². The minimum Gasteiger partial charge on any atom is -0.394 e. The van der Waals surface area contributed by atoms with Crippen molar-refractivity contribution in [2.45, 2.75) is 328 Å². The Bertz CT molecular complexity index is 886. The summed E-state index contributed by atoms with van der Waals surface area (Å²) < 4.78 is 0. The molecule has 61 heavy (non-hydrogen) atoms. The van der Waals surface area contributed by atoms with Crippen molar-refractivity contribution in [3.63, 3.8) is 0 Å². The standard InChI is InChI=1S/C57H111NO3/c1-3-5-7-9-11-13-15-17-18-19-20-21-22-23-24-25-26-27-28-29-30-31-32-33-34-35-36-37-38-39-41-43-45-47-49-51-53-57(61)58-55(54-59)56(60)52-50-48-46-44-42-40-16-14-12-10-8-6-4-2/h42,44,50,52,55-56,59-60H,3-41,43,45-49,51,53-54H2,1-2H3,(H,58,61)/b44-42+,52-50+. The monoisotopic (exact) mass is 858 g/mol. The highest BCUT2D eigenvalue weighted by Gasteiger charge is 2.18. The van der Waals surface area contributed by atoms with E-state index in [1.54, 1.807) is 6.08 Å². The van der Waals surface area contributed by atoms with E-state index in [1.807, 2.05) is 6.08 Å². The number of nitrogens with one attached hydrogen (secondary N) is 1. The van der Waals surface area contributed by atoms with Crippen LogP contribution in [0.15, 0.2) is 24.3 Å². The van der Waals surface area contributed by atoms with Crippen LogP contribution in [0.3, 0.4) is 0 Å². The van der Waals surface area contributed by atoms with Gasteiger partial charge >= 0.3 is 0 Å². The highest BCUT2D eigenvalue weighted by Crippen LogP contribution is 2.18. The molecule has 0 aliphatic heterocycles. The summed E-state index contributed by atoms with van der Waals surface area (Å²) in [6.45, 7) is 4.31. The molecule has 2 unspecified atom stereocenters. The minimum absolute atomic E-state index is 0.0685. The van der Waals surface area contributed by atoms with E-state index in [-0.39, 0.29) is 12.5 Å². The fourth-order valence-corrected chi connectivity index (χ4v) is 8.90. The van der Waals surface area contributed by atoms with Crippen LogP contribution < -0.4 is 5.32 Å². The molecule has 0 heterocycles. The molecule has 4 nitrogen and oxygen atoms in total. The second-order valence-corrected chi connectivity index (χ2v) is 19.4. The molecule has 0 aliphatic carbocycles. The molecular formula is C57H111NO3. The molecule has 1 amide bonds. The summed E-state index contributed by atoms with van der Waals surface area (Å²) in [4.78, 5) is 12.4. The van der Waals surface area contributed by atoms with Crippen LogP contribution in [0.2, 0.25) is 0 Å². The van der Waals surface area contributed by atoms with Gasteiger partial charge in [-0.25, -0.2) is 0 Å². The summed E-state index contributed by atoms with van der Waals surface area (Å²) in [5.41, 5.74) is 0. The van der Waals surface area contributed by atoms with E-state index >= 15 is 0 Å². The van der Waals surface area contributed by atoms with Crippen LogP contribution in [0.25, 0.3) is 0 Å². The Hall–Kier alpha value is -1.13. The van der Waals surface area contributed by atoms with Crippen molar-refractivity contribution in [3.8, 4) is 0 Å². The number of hydrogen-bond donors (Lipinski definition) is 3. The third kappa shape index (κ3) is 49.7. The van der Waals surface area contributed by atoms with E-state index in [2.05, 4.69) is 31.3 Å². The van der Waals surface area contributed by atoms with Crippen molar-refractivity contribution < 1.29 is 15.0 Å². The van der Waals surface area contributed by atoms with Crippen LogP contribution in [0, 0.1) is 0 Å². The average Bonchev–Trinajstić information content (AvgIpc) is 3.26. The third-order valence-corrected chi connectivity index (χ3v) is 13.2. The predicted octanol–water partition coefficient (Wildman–Crippen LogP) is 18.3. The Balaban J connectivity index is 3.37. The second kappa shape index (κ2) is 53.2. The fraction of sp³-hybridized carbons (Fsp3) is 0.912. The molecule has 362 valence electrons. The zero-order valence-electron chi connectivity index (χ0n) is 41.7. The molecule has 0 saturated heterocycles. The number of aliphatic hydroxyl groups excluding tert-OH is 2. The van der Waals surface area contributed by atoms with Crippen LogP contribution in [-0.2, 0) is 4.79 Å². The second-order valence-electron chi connectivity index (χ2n) is 19.4. The number of rotatable bonds is 52. The first kappa shape index (κ1) is 59.9. The molecule has 0 rings (SSSR count). The van der Waals surface area contributed by atoms with E-state index in [0.717, 1.165) is 32.1 Å². The Morgan fingerprint density at radius 3 is 0.951 bits per heavy atom. The molecule has 0 bridgehead atoms. The minimum atomic E-state index is -0.858. The number of aliphatic hydroxyl groups is 2. The molecule has 0 aromatic rings. The van der Waals surface area contributed by atoms with Crippen LogP contribution in [0.4, 0.5) is 0 Å². The lowest BCUT2D eigenvalue weighted by molar-refractivity contribution is -0.123. The number of carbonyl (C=O) groups excluding carboxylic acids is 1. The van der Waals surface area contributed by atoms with Gasteiger partial charge in [0.1, 0.15) is 0 Å². The topological polar surface area (TPSA) is 69.6 Å². The van der Waals surface area contributed by atoms with Crippen molar-refractivity contribution >= 4 is 5.91 Å². The van der Waals surface area contributed by atoms with E-state index in [9.17, 15) is 15.0 Å². The number of amides is 1. The number of hydrogen-bond acceptors (Lipinski definition) is 3. The first-order valence-corrected chi connectivity index (χ1v) is 28.1. The average molecular weight is 859 g/mol. The summed E-state index contributed by atoms with van der Waals surface area (Å²) in [7, 11) is 0. The molecule has 4 heteroatoms. The van der Waals surface area contributed by atoms with Crippen LogP contribution in [0.5, 0.6) is 0 Å². The van der Waals surface area contributed by atoms with Gasteiger partial charge in [-0.1, -0.05) is 301 Å². The lowest BCUT2D eigenvalue weighted by Gasteiger charge is -2.19. The SMILES string of the molecule is CCCCCCCCC/C=C/CC/C=C/C(O)C(CO)NC(=O)CCCCCCCCCCCCCCCCCCCCCCCCCCCCCCCCCCCCCC. The largest absolute Gasteiger partial charge is 0.394 e. The first-order chi connectivity index (χ1) is 30.2. The van der Waals surface area contributed by atoms with Gasteiger partial charge in [-0.15, -0.1) is 0 Å². The Morgan fingerprint density at radius 2 is 0.639 bits per heavy atom. The van der Waals surface area contributed by atoms with Crippen molar-refractivity contribution in [2.75, 3.05) is 6.61 Å². The van der Waals surface area contributed by atoms with Crippen LogP contribution >= 0.6 is 0 Å². The zero-order chi connectivity index (χ0) is 44.2. The Kier molecular flexibility index (Phi) is 52.2. The van der Waals surface area contributed by atoms with Crippen LogP contribution in [-0.4, -0.2) is 34.9 Å². The molecule has 0 fully saturated rings. The summed E-state index contributed by atoms with van der Waals surface area (Å²) in [6.07, 6.45) is 70.8. The predicted molar refractivity (Wildman–Crippen MR) is 272 cm³/mol. The van der Waals surface area contributed by atoms with Crippen molar-refractivity contribution in [2.24, 2.45) is 0 Å². The maximum absolute atomic E-state index is 12.4. The van der Waals surface area contributed by atoms with Gasteiger partial charge in [0, 0.05) is 6.42 Å². The molecule has 0 radical (unpaired) electrons. The molecular weight excluding hydrogens is 747 g/mol. The van der Waals surface area contributed by atoms with Gasteiger partial charge in [0.15, 0.2) is 0 Å². The molecule has 0 spiro atoms. The smallest absolute Gasteiger partial charge is 0.220 e. The lowest BCUT2D eigenvalue weighted by Crippen LogP contribution is -2.45. The van der Waals surface area contributed by atoms with E-state index in [4.69, 9.17) is 0 Å². The number of unbranched alkanes of at least 4 members (excludes halogenated alkanes) is 43. The van der Waals surface area contributed by atoms with Gasteiger partial charge in [0.25, 0.3) is 0 Å². The third-order valence-electron chi connectivity index (χ3n) is 13.2. The first-order valence-electron chi connectivity index (χ1n) is 28.1. The maximum atomic E-state index is 12.4. The highest BCUT2D eigenvalue weighted by atomic mass is 16.3. The molecule has 0 aliphatic rings. The summed E-state index contributed by atoms with van der Waals surface area (Å²) >= 11 is 0. The van der Waals surface area contributed by atoms with E-state index < -0.39 is 12.1 Å². The zero-order valence-corrected chi connectivity index (χ0v) is 41.7. The van der Waals surface area contributed by atoms with E-state index in [0.29, 0.717) is 6.42 Å². The molecule has 3 N–H and O–H groups in total. The summed E-state index contributed by atoms with van der Waals surface area (Å²) in [6, 6.07) is -0.635. The van der Waals surface area contributed by atoms with Crippen molar-refractivity contribution in [1.29, 1.82) is 0 Å². The Labute approximate surface area is 383 Å². The normalized spacial score (nSPS) is 12.9. The number of allylic oxidation sites excluding steroid dienone is 3. The maximum Gasteiger partial charge on any atom is 0.220 e. The number of carbonyl (C=O) groups is 1. The molecule has 0 aromatic heterocycles. The molecule has 0 aromatic carbocycles. The lowest BCUT2D eigenvalue weighted by atomic mass is 10.0. The van der Waals surface area contributed by atoms with Gasteiger partial charge in [0.05, 0.1) is 18.8 Å². The van der Waals surface area contributed by atoms with Crippen molar-refractivity contribution in [1.82, 2.24) is 5.32 Å².